The number of aromatic nitrogens is 3. The molecular weight excluding hydrogens is 455 g/mol. The summed E-state index contributed by atoms with van der Waals surface area (Å²) in [6, 6.07) is 10.3. The highest BCUT2D eigenvalue weighted by atomic mass is 19.4. The summed E-state index contributed by atoms with van der Waals surface area (Å²) in [6.45, 7) is 4.52. The average molecular weight is 477 g/mol. The van der Waals surface area contributed by atoms with Gasteiger partial charge in [0.05, 0.1) is 6.61 Å². The number of hydrogen-bond acceptors (Lipinski definition) is 8. The van der Waals surface area contributed by atoms with Crippen molar-refractivity contribution >= 4 is 11.7 Å². The molecule has 0 N–H and O–H groups in total. The van der Waals surface area contributed by atoms with Gasteiger partial charge in [-0.3, -0.25) is 4.79 Å². The number of amides is 1. The molecule has 0 spiro atoms. The highest BCUT2D eigenvalue weighted by molar-refractivity contribution is 5.78. The molecule has 3 aromatic rings. The minimum atomic E-state index is -4.70. The van der Waals surface area contributed by atoms with Gasteiger partial charge >= 0.3 is 12.1 Å². The van der Waals surface area contributed by atoms with Crippen LogP contribution in [0.15, 0.2) is 47.1 Å². The number of nitrogens with zero attached hydrogens (tertiary/aromatic N) is 5. The third-order valence-corrected chi connectivity index (χ3v) is 5.13. The van der Waals surface area contributed by atoms with E-state index in [0.717, 1.165) is 5.75 Å². The fourth-order valence-electron chi connectivity index (χ4n) is 3.38. The number of rotatable bonds is 7. The Morgan fingerprint density at radius 1 is 1.03 bits per heavy atom. The number of halogens is 3. The zero-order chi connectivity index (χ0) is 24.1. The van der Waals surface area contributed by atoms with Crippen molar-refractivity contribution in [2.45, 2.75) is 13.1 Å². The van der Waals surface area contributed by atoms with Crippen LogP contribution in [0.2, 0.25) is 0 Å². The molecule has 1 aliphatic rings. The third-order valence-electron chi connectivity index (χ3n) is 5.13. The normalized spacial score (nSPS) is 14.2. The van der Waals surface area contributed by atoms with E-state index in [9.17, 15) is 18.0 Å². The van der Waals surface area contributed by atoms with E-state index in [1.807, 2.05) is 11.8 Å². The zero-order valence-electron chi connectivity index (χ0n) is 18.3. The monoisotopic (exact) mass is 477 g/mol. The summed E-state index contributed by atoms with van der Waals surface area (Å²) < 4.78 is 53.1. The molecule has 0 atom stereocenters. The number of anilines is 1. The summed E-state index contributed by atoms with van der Waals surface area (Å²) in [5.41, 5.74) is 0.309. The fraction of sp³-hybridized carbons (Fsp3) is 0.364. The van der Waals surface area contributed by atoms with E-state index in [-0.39, 0.29) is 18.3 Å². The Balaban J connectivity index is 1.27. The second-order valence-corrected chi connectivity index (χ2v) is 7.39. The van der Waals surface area contributed by atoms with Crippen molar-refractivity contribution in [1.82, 2.24) is 20.0 Å². The maximum absolute atomic E-state index is 12.6. The van der Waals surface area contributed by atoms with Gasteiger partial charge in [0, 0.05) is 37.9 Å². The first-order valence-corrected chi connectivity index (χ1v) is 10.6. The SMILES string of the molecule is CCOc1ccc(OCC(=O)N2CCN(c3ccc(-c4noc(C(F)(F)F)n4)cn3)CC2)cc1. The van der Waals surface area contributed by atoms with Crippen LogP contribution in [0.4, 0.5) is 19.0 Å². The number of piperazine rings is 1. The molecule has 0 unspecified atom stereocenters. The van der Waals surface area contributed by atoms with Gasteiger partial charge < -0.3 is 23.8 Å². The van der Waals surface area contributed by atoms with Gasteiger partial charge in [-0.05, 0) is 43.3 Å². The van der Waals surface area contributed by atoms with Crippen LogP contribution in [-0.2, 0) is 11.0 Å². The van der Waals surface area contributed by atoms with Gasteiger partial charge in [-0.1, -0.05) is 5.16 Å². The molecule has 0 radical (unpaired) electrons. The average Bonchev–Trinajstić information content (AvgIpc) is 3.35. The Morgan fingerprint density at radius 3 is 2.26 bits per heavy atom. The van der Waals surface area contributed by atoms with Gasteiger partial charge in [-0.15, -0.1) is 0 Å². The molecule has 4 rings (SSSR count). The van der Waals surface area contributed by atoms with Gasteiger partial charge in [0.2, 0.25) is 5.82 Å². The van der Waals surface area contributed by atoms with Gasteiger partial charge in [-0.25, -0.2) is 4.98 Å². The van der Waals surface area contributed by atoms with E-state index in [0.29, 0.717) is 49.9 Å². The first-order valence-electron chi connectivity index (χ1n) is 10.6. The lowest BCUT2D eigenvalue weighted by molar-refractivity contribution is -0.159. The van der Waals surface area contributed by atoms with Crippen LogP contribution in [0.25, 0.3) is 11.4 Å². The molecule has 180 valence electrons. The van der Waals surface area contributed by atoms with Gasteiger partial charge in [0.25, 0.3) is 5.91 Å². The van der Waals surface area contributed by atoms with Crippen molar-refractivity contribution in [3.05, 3.63) is 48.5 Å². The zero-order valence-corrected chi connectivity index (χ0v) is 18.3. The predicted octanol–water partition coefficient (Wildman–Crippen LogP) is 3.28. The van der Waals surface area contributed by atoms with Crippen molar-refractivity contribution < 1.29 is 32.0 Å². The second-order valence-electron chi connectivity index (χ2n) is 7.39. The van der Waals surface area contributed by atoms with Crippen LogP contribution in [-0.4, -0.2) is 65.3 Å². The number of hydrogen-bond donors (Lipinski definition) is 0. The number of pyridine rings is 1. The Kier molecular flexibility index (Phi) is 6.85. The molecule has 1 aromatic carbocycles. The van der Waals surface area contributed by atoms with Crippen LogP contribution in [0, 0.1) is 0 Å². The fourth-order valence-corrected chi connectivity index (χ4v) is 3.38. The second kappa shape index (κ2) is 9.98. The lowest BCUT2D eigenvalue weighted by Gasteiger charge is -2.35. The molecule has 1 fully saturated rings. The Morgan fingerprint density at radius 2 is 1.71 bits per heavy atom. The van der Waals surface area contributed by atoms with E-state index in [2.05, 4.69) is 19.6 Å². The molecule has 1 aliphatic heterocycles. The highest BCUT2D eigenvalue weighted by Crippen LogP contribution is 2.29. The Labute approximate surface area is 193 Å². The van der Waals surface area contributed by atoms with Gasteiger partial charge in [0.1, 0.15) is 17.3 Å². The van der Waals surface area contributed by atoms with Crippen LogP contribution < -0.4 is 14.4 Å². The van der Waals surface area contributed by atoms with Crippen molar-refractivity contribution in [2.24, 2.45) is 0 Å². The Bertz CT molecular complexity index is 1090. The Hall–Kier alpha value is -3.83. The lowest BCUT2D eigenvalue weighted by atomic mass is 10.2. The third kappa shape index (κ3) is 5.56. The predicted molar refractivity (Wildman–Crippen MR) is 114 cm³/mol. The lowest BCUT2D eigenvalue weighted by Crippen LogP contribution is -2.50. The van der Waals surface area contributed by atoms with Crippen LogP contribution in [0.1, 0.15) is 12.8 Å². The van der Waals surface area contributed by atoms with E-state index < -0.39 is 12.1 Å². The molecular formula is C22H22F3N5O4. The summed E-state index contributed by atoms with van der Waals surface area (Å²) in [6.07, 6.45) is -3.31. The molecule has 1 saturated heterocycles. The minimum Gasteiger partial charge on any atom is -0.494 e. The summed E-state index contributed by atoms with van der Waals surface area (Å²) in [7, 11) is 0. The molecule has 0 aliphatic carbocycles. The van der Waals surface area contributed by atoms with E-state index in [1.54, 1.807) is 41.3 Å². The van der Waals surface area contributed by atoms with E-state index >= 15 is 0 Å². The standard InChI is InChI=1S/C22H22F3N5O4/c1-2-32-16-4-6-17(7-5-16)33-14-19(31)30-11-9-29(10-12-30)18-8-3-15(13-26-18)20-27-21(34-28-20)22(23,24)25/h3-8,13H,2,9-12,14H2,1H3. The minimum absolute atomic E-state index is 0.0639. The molecule has 12 heteroatoms. The number of ether oxygens (including phenoxy) is 2. The van der Waals surface area contributed by atoms with Crippen molar-refractivity contribution in [3.63, 3.8) is 0 Å². The number of carbonyl (C=O) groups excluding carboxylic acids is 1. The smallest absolute Gasteiger partial charge is 0.471 e. The first kappa shape index (κ1) is 23.3. The first-order chi connectivity index (χ1) is 16.3. The number of alkyl halides is 3. The van der Waals surface area contributed by atoms with Gasteiger partial charge in [0.15, 0.2) is 6.61 Å². The molecule has 0 bridgehead atoms. The summed E-state index contributed by atoms with van der Waals surface area (Å²) in [4.78, 5) is 23.9. The topological polar surface area (TPSA) is 93.8 Å². The summed E-state index contributed by atoms with van der Waals surface area (Å²) in [5.74, 6) is 0.259. The van der Waals surface area contributed by atoms with Crippen LogP contribution in [0.5, 0.6) is 11.5 Å². The maximum Gasteiger partial charge on any atom is 0.471 e. The van der Waals surface area contributed by atoms with Crippen LogP contribution in [0.3, 0.4) is 0 Å². The largest absolute Gasteiger partial charge is 0.494 e. The van der Waals surface area contributed by atoms with Crippen molar-refractivity contribution in [1.29, 1.82) is 0 Å². The van der Waals surface area contributed by atoms with Crippen LogP contribution >= 0.6 is 0 Å². The van der Waals surface area contributed by atoms with Crippen molar-refractivity contribution in [2.75, 3.05) is 44.3 Å². The maximum atomic E-state index is 12.6. The molecule has 0 saturated carbocycles. The van der Waals surface area contributed by atoms with E-state index in [4.69, 9.17) is 9.47 Å². The summed E-state index contributed by atoms with van der Waals surface area (Å²) in [5, 5.41) is 3.35. The van der Waals surface area contributed by atoms with Crippen molar-refractivity contribution in [3.8, 4) is 22.9 Å². The quantitative estimate of drug-likeness (QED) is 0.512. The number of benzene rings is 1. The molecule has 2 aromatic heterocycles. The van der Waals surface area contributed by atoms with Gasteiger partial charge in [-0.2, -0.15) is 18.2 Å². The number of carbonyl (C=O) groups is 1. The molecule has 9 nitrogen and oxygen atoms in total. The highest BCUT2D eigenvalue weighted by Gasteiger charge is 2.38. The molecule has 1 amide bonds. The molecule has 3 heterocycles. The molecule has 34 heavy (non-hydrogen) atoms. The van der Waals surface area contributed by atoms with E-state index in [1.165, 1.54) is 6.20 Å². The summed E-state index contributed by atoms with van der Waals surface area (Å²) >= 11 is 0.